The summed E-state index contributed by atoms with van der Waals surface area (Å²) < 4.78 is 28.4. The summed E-state index contributed by atoms with van der Waals surface area (Å²) in [5, 5.41) is 0. The van der Waals surface area contributed by atoms with Gasteiger partial charge in [0.05, 0.1) is 4.90 Å². The molecule has 2 atom stereocenters. The summed E-state index contributed by atoms with van der Waals surface area (Å²) >= 11 is 9.23. The standard InChI is InChI=1S/C15H19BrClNO2S/c16-13-6-5-11(10-17)9-15(13)21(19,20)18-8-7-12-3-1-2-4-14(12)18/h5-6,9,12,14H,1-4,7-8,10H2. The van der Waals surface area contributed by atoms with Crippen molar-refractivity contribution in [2.75, 3.05) is 6.54 Å². The second-order valence-electron chi connectivity index (χ2n) is 5.91. The van der Waals surface area contributed by atoms with Crippen LogP contribution in [0.1, 0.15) is 37.7 Å². The molecule has 0 N–H and O–H groups in total. The molecule has 1 aliphatic heterocycles. The van der Waals surface area contributed by atoms with Gasteiger partial charge in [-0.3, -0.25) is 0 Å². The molecule has 0 aromatic heterocycles. The molecule has 0 bridgehead atoms. The average Bonchev–Trinajstić information content (AvgIpc) is 2.92. The SMILES string of the molecule is O=S(=O)(c1cc(CCl)ccc1Br)N1CCC2CCCCC21. The Bertz CT molecular complexity index is 635. The lowest BCUT2D eigenvalue weighted by Gasteiger charge is -2.31. The minimum absolute atomic E-state index is 0.190. The molecule has 1 aromatic rings. The highest BCUT2D eigenvalue weighted by Crippen LogP contribution is 2.40. The first kappa shape index (κ1) is 15.8. The third kappa shape index (κ3) is 2.90. The molecule has 1 heterocycles. The van der Waals surface area contributed by atoms with E-state index >= 15 is 0 Å². The van der Waals surface area contributed by atoms with Gasteiger partial charge in [-0.2, -0.15) is 4.31 Å². The van der Waals surface area contributed by atoms with Crippen molar-refractivity contribution in [1.82, 2.24) is 4.31 Å². The van der Waals surface area contributed by atoms with Crippen molar-refractivity contribution in [1.29, 1.82) is 0 Å². The van der Waals surface area contributed by atoms with Gasteiger partial charge in [0, 0.05) is 22.9 Å². The highest BCUT2D eigenvalue weighted by molar-refractivity contribution is 9.10. The Balaban J connectivity index is 1.97. The van der Waals surface area contributed by atoms with E-state index in [1.54, 1.807) is 16.4 Å². The van der Waals surface area contributed by atoms with Gasteiger partial charge in [-0.1, -0.05) is 18.9 Å². The third-order valence-corrected chi connectivity index (χ3v) is 7.92. The molecule has 21 heavy (non-hydrogen) atoms. The zero-order chi connectivity index (χ0) is 15.0. The maximum atomic E-state index is 13.0. The molecule has 2 aliphatic rings. The average molecular weight is 393 g/mol. The van der Waals surface area contributed by atoms with Gasteiger partial charge in [-0.25, -0.2) is 8.42 Å². The smallest absolute Gasteiger partial charge is 0.207 e. The Labute approximate surface area is 139 Å². The summed E-state index contributed by atoms with van der Waals surface area (Å²) in [5.41, 5.74) is 0.831. The maximum Gasteiger partial charge on any atom is 0.244 e. The van der Waals surface area contributed by atoms with E-state index in [2.05, 4.69) is 15.9 Å². The van der Waals surface area contributed by atoms with E-state index in [1.165, 1.54) is 12.8 Å². The minimum Gasteiger partial charge on any atom is -0.207 e. The highest BCUT2D eigenvalue weighted by atomic mass is 79.9. The number of sulfonamides is 1. The first-order chi connectivity index (χ1) is 10.0. The van der Waals surface area contributed by atoms with E-state index < -0.39 is 10.0 Å². The molecule has 6 heteroatoms. The number of fused-ring (bicyclic) bond motifs is 1. The summed E-state index contributed by atoms with van der Waals surface area (Å²) in [5.74, 6) is 0.866. The molecule has 3 rings (SSSR count). The Morgan fingerprint density at radius 2 is 2.00 bits per heavy atom. The summed E-state index contributed by atoms with van der Waals surface area (Å²) in [7, 11) is -3.44. The fourth-order valence-electron chi connectivity index (χ4n) is 3.62. The largest absolute Gasteiger partial charge is 0.244 e. The fourth-order valence-corrected chi connectivity index (χ4v) is 6.49. The van der Waals surface area contributed by atoms with E-state index in [0.29, 0.717) is 27.7 Å². The van der Waals surface area contributed by atoms with Crippen LogP contribution in [0.15, 0.2) is 27.6 Å². The lowest BCUT2D eigenvalue weighted by Crippen LogP contribution is -2.39. The van der Waals surface area contributed by atoms with Crippen molar-refractivity contribution in [2.24, 2.45) is 5.92 Å². The molecular weight excluding hydrogens is 374 g/mol. The second-order valence-corrected chi connectivity index (χ2v) is 8.90. The Hall–Kier alpha value is -0.100. The number of halogens is 2. The van der Waals surface area contributed by atoms with Crippen molar-refractivity contribution >= 4 is 37.6 Å². The number of benzene rings is 1. The summed E-state index contributed by atoms with van der Waals surface area (Å²) in [6.45, 7) is 0.648. The van der Waals surface area contributed by atoms with E-state index in [1.807, 2.05) is 6.07 Å². The number of alkyl halides is 1. The fraction of sp³-hybridized carbons (Fsp3) is 0.600. The maximum absolute atomic E-state index is 13.0. The van der Waals surface area contributed by atoms with Crippen LogP contribution < -0.4 is 0 Å². The number of hydrogen-bond donors (Lipinski definition) is 0. The first-order valence-electron chi connectivity index (χ1n) is 7.40. The van der Waals surface area contributed by atoms with Crippen LogP contribution in [0.4, 0.5) is 0 Å². The van der Waals surface area contributed by atoms with Crippen LogP contribution in [0.2, 0.25) is 0 Å². The van der Waals surface area contributed by atoms with Crippen LogP contribution in [0.25, 0.3) is 0 Å². The normalized spacial score (nSPS) is 26.8. The first-order valence-corrected chi connectivity index (χ1v) is 10.2. The van der Waals surface area contributed by atoms with Crippen molar-refractivity contribution in [3.63, 3.8) is 0 Å². The quantitative estimate of drug-likeness (QED) is 0.725. The zero-order valence-electron chi connectivity index (χ0n) is 11.8. The van der Waals surface area contributed by atoms with Crippen molar-refractivity contribution < 1.29 is 8.42 Å². The van der Waals surface area contributed by atoms with Gasteiger partial charge < -0.3 is 0 Å². The van der Waals surface area contributed by atoms with Crippen LogP contribution >= 0.6 is 27.5 Å². The predicted molar refractivity (Wildman–Crippen MR) is 88.0 cm³/mol. The Morgan fingerprint density at radius 3 is 2.76 bits per heavy atom. The predicted octanol–water partition coefficient (Wildman–Crippen LogP) is 4.14. The molecule has 0 amide bonds. The van der Waals surface area contributed by atoms with Gasteiger partial charge in [-0.15, -0.1) is 11.6 Å². The summed E-state index contributed by atoms with van der Waals surface area (Å²) in [4.78, 5) is 0.354. The van der Waals surface area contributed by atoms with Gasteiger partial charge in [0.25, 0.3) is 0 Å². The molecule has 0 radical (unpaired) electrons. The highest BCUT2D eigenvalue weighted by Gasteiger charge is 2.42. The van der Waals surface area contributed by atoms with Crippen molar-refractivity contribution in [3.05, 3.63) is 28.2 Å². The monoisotopic (exact) mass is 391 g/mol. The number of rotatable bonds is 3. The lowest BCUT2D eigenvalue weighted by molar-refractivity contribution is 0.260. The molecular formula is C15H19BrClNO2S. The van der Waals surface area contributed by atoms with Gasteiger partial charge in [-0.05, 0) is 58.8 Å². The van der Waals surface area contributed by atoms with Crippen LogP contribution in [-0.2, 0) is 15.9 Å². The molecule has 2 fully saturated rings. The van der Waals surface area contributed by atoms with Crippen LogP contribution in [0, 0.1) is 5.92 Å². The van der Waals surface area contributed by atoms with Crippen molar-refractivity contribution in [2.45, 2.75) is 48.9 Å². The molecule has 0 spiro atoms. The molecule has 2 unspecified atom stereocenters. The number of nitrogens with zero attached hydrogens (tertiary/aromatic N) is 1. The molecule has 1 saturated heterocycles. The summed E-state index contributed by atoms with van der Waals surface area (Å²) in [6, 6.07) is 5.51. The van der Waals surface area contributed by atoms with Crippen LogP contribution in [0.5, 0.6) is 0 Å². The van der Waals surface area contributed by atoms with Gasteiger partial charge >= 0.3 is 0 Å². The van der Waals surface area contributed by atoms with Crippen molar-refractivity contribution in [3.8, 4) is 0 Å². The van der Waals surface area contributed by atoms with Crippen LogP contribution in [0.3, 0.4) is 0 Å². The second kappa shape index (κ2) is 6.19. The van der Waals surface area contributed by atoms with E-state index in [9.17, 15) is 8.42 Å². The minimum atomic E-state index is -3.44. The Kier molecular flexibility index (Phi) is 4.65. The van der Waals surface area contributed by atoms with E-state index in [0.717, 1.165) is 24.8 Å². The molecule has 1 saturated carbocycles. The number of hydrogen-bond acceptors (Lipinski definition) is 2. The molecule has 116 valence electrons. The van der Waals surface area contributed by atoms with Gasteiger partial charge in [0.2, 0.25) is 10.0 Å². The summed E-state index contributed by atoms with van der Waals surface area (Å²) in [6.07, 6.45) is 5.53. The third-order valence-electron chi connectivity index (χ3n) is 4.70. The van der Waals surface area contributed by atoms with E-state index in [4.69, 9.17) is 11.6 Å². The Morgan fingerprint density at radius 1 is 1.24 bits per heavy atom. The van der Waals surface area contributed by atoms with Gasteiger partial charge in [0.1, 0.15) is 0 Å². The topological polar surface area (TPSA) is 37.4 Å². The molecule has 1 aromatic carbocycles. The molecule has 1 aliphatic carbocycles. The van der Waals surface area contributed by atoms with E-state index in [-0.39, 0.29) is 6.04 Å². The lowest BCUT2D eigenvalue weighted by atomic mass is 9.86. The van der Waals surface area contributed by atoms with Crippen LogP contribution in [-0.4, -0.2) is 25.3 Å². The van der Waals surface area contributed by atoms with Gasteiger partial charge in [0.15, 0.2) is 0 Å². The molecule has 3 nitrogen and oxygen atoms in total. The zero-order valence-corrected chi connectivity index (χ0v) is 14.9.